The van der Waals surface area contributed by atoms with Crippen LogP contribution in [0, 0.1) is 0 Å². The van der Waals surface area contributed by atoms with Gasteiger partial charge in [0.15, 0.2) is 0 Å². The molecule has 0 aliphatic carbocycles. The zero-order valence-electron chi connectivity index (χ0n) is 10.9. The lowest BCUT2D eigenvalue weighted by Crippen LogP contribution is -2.34. The number of esters is 1. The second-order valence-electron chi connectivity index (χ2n) is 4.05. The van der Waals surface area contributed by atoms with Crippen LogP contribution in [0.1, 0.15) is 11.6 Å². The predicted octanol–water partition coefficient (Wildman–Crippen LogP) is 2.59. The van der Waals surface area contributed by atoms with Crippen LogP contribution in [0.4, 0.5) is 0 Å². The molecular weight excluding hydrogens is 334 g/mol. The molecule has 0 spiro atoms. The Balaban J connectivity index is 2.34. The summed E-state index contributed by atoms with van der Waals surface area (Å²) >= 11 is 6.66. The third kappa shape index (κ3) is 3.82. The molecule has 8 heteroatoms. The number of carbonyl (C=O) groups excluding carboxylic acids is 1. The van der Waals surface area contributed by atoms with E-state index in [1.165, 1.54) is 19.2 Å². The first-order chi connectivity index (χ1) is 9.94. The van der Waals surface area contributed by atoms with Crippen LogP contribution < -0.4 is 4.72 Å². The van der Waals surface area contributed by atoms with E-state index < -0.39 is 22.0 Å². The number of nitrogens with one attached hydrogen (secondary N) is 1. The van der Waals surface area contributed by atoms with E-state index >= 15 is 0 Å². The van der Waals surface area contributed by atoms with Crippen LogP contribution in [-0.4, -0.2) is 21.5 Å². The van der Waals surface area contributed by atoms with Crippen molar-refractivity contribution in [3.05, 3.63) is 52.4 Å². The number of carbonyl (C=O) groups is 1. The monoisotopic (exact) mass is 345 g/mol. The summed E-state index contributed by atoms with van der Waals surface area (Å²) in [5, 5.41) is 0. The molecule has 0 bridgehead atoms. The highest BCUT2D eigenvalue weighted by Gasteiger charge is 2.28. The lowest BCUT2D eigenvalue weighted by atomic mass is 10.1. The van der Waals surface area contributed by atoms with E-state index in [0.717, 1.165) is 11.3 Å². The highest BCUT2D eigenvalue weighted by atomic mass is 35.5. The predicted molar refractivity (Wildman–Crippen MR) is 80.8 cm³/mol. The second-order valence-corrected chi connectivity index (χ2v) is 7.70. The number of methoxy groups -OCH3 is 1. The van der Waals surface area contributed by atoms with Gasteiger partial charge in [-0.25, -0.2) is 13.2 Å². The van der Waals surface area contributed by atoms with Gasteiger partial charge in [0.25, 0.3) is 10.0 Å². The number of hydrogen-bond donors (Lipinski definition) is 1. The van der Waals surface area contributed by atoms with Gasteiger partial charge < -0.3 is 4.74 Å². The molecule has 0 amide bonds. The van der Waals surface area contributed by atoms with Gasteiger partial charge in [-0.05, 0) is 17.7 Å². The Morgan fingerprint density at radius 1 is 1.24 bits per heavy atom. The molecule has 2 aromatic rings. The zero-order valence-corrected chi connectivity index (χ0v) is 13.3. The van der Waals surface area contributed by atoms with Crippen molar-refractivity contribution in [3.63, 3.8) is 0 Å². The molecule has 1 heterocycles. The fourth-order valence-corrected chi connectivity index (χ4v) is 4.34. The van der Waals surface area contributed by atoms with Crippen LogP contribution in [0.25, 0.3) is 0 Å². The van der Waals surface area contributed by atoms with Crippen LogP contribution >= 0.6 is 22.9 Å². The van der Waals surface area contributed by atoms with Crippen molar-refractivity contribution in [1.29, 1.82) is 0 Å². The van der Waals surface area contributed by atoms with Gasteiger partial charge in [0.05, 0.1) is 11.4 Å². The van der Waals surface area contributed by atoms with Crippen molar-refractivity contribution in [3.8, 4) is 0 Å². The van der Waals surface area contributed by atoms with Crippen LogP contribution in [0.15, 0.2) is 46.7 Å². The van der Waals surface area contributed by atoms with Crippen molar-refractivity contribution in [2.75, 3.05) is 7.11 Å². The minimum Gasteiger partial charge on any atom is -0.468 e. The van der Waals surface area contributed by atoms with E-state index in [1.54, 1.807) is 30.3 Å². The zero-order chi connectivity index (χ0) is 15.5. The number of halogens is 1. The van der Waals surface area contributed by atoms with E-state index in [-0.39, 0.29) is 4.21 Å². The molecule has 1 aromatic heterocycles. The number of hydrogen-bond acceptors (Lipinski definition) is 5. The molecule has 1 N–H and O–H groups in total. The first kappa shape index (κ1) is 16.0. The van der Waals surface area contributed by atoms with E-state index in [9.17, 15) is 13.2 Å². The second kappa shape index (κ2) is 6.57. The molecule has 0 aliphatic heterocycles. The van der Waals surface area contributed by atoms with Gasteiger partial charge in [-0.15, -0.1) is 11.3 Å². The van der Waals surface area contributed by atoms with E-state index in [1.807, 2.05) is 0 Å². The smallest absolute Gasteiger partial charge is 0.328 e. The Hall–Kier alpha value is -1.41. The minimum absolute atomic E-state index is 0.0392. The maximum Gasteiger partial charge on any atom is 0.328 e. The van der Waals surface area contributed by atoms with Gasteiger partial charge >= 0.3 is 5.97 Å². The van der Waals surface area contributed by atoms with Crippen molar-refractivity contribution < 1.29 is 17.9 Å². The Bertz CT molecular complexity index is 728. The summed E-state index contributed by atoms with van der Waals surface area (Å²) in [4.78, 5) is 11.9. The summed E-state index contributed by atoms with van der Waals surface area (Å²) in [7, 11) is -2.66. The molecule has 0 aliphatic rings. The molecule has 0 fully saturated rings. The largest absolute Gasteiger partial charge is 0.468 e. The average Bonchev–Trinajstić information content (AvgIpc) is 2.92. The SMILES string of the molecule is COC(=O)C(NS(=O)(=O)c1ccc(Cl)s1)c1ccccc1. The molecular formula is C13H12ClNO4S2. The van der Waals surface area contributed by atoms with Gasteiger partial charge in [0, 0.05) is 0 Å². The molecule has 1 unspecified atom stereocenters. The molecule has 0 saturated carbocycles. The molecule has 1 atom stereocenters. The Morgan fingerprint density at radius 3 is 2.43 bits per heavy atom. The van der Waals surface area contributed by atoms with Crippen molar-refractivity contribution >= 4 is 38.9 Å². The highest BCUT2D eigenvalue weighted by molar-refractivity contribution is 7.91. The number of benzene rings is 1. The molecule has 0 radical (unpaired) electrons. The standard InChI is InChI=1S/C13H12ClNO4S2/c1-19-13(16)12(9-5-3-2-4-6-9)15-21(17,18)11-8-7-10(14)20-11/h2-8,12,15H,1H3. The van der Waals surface area contributed by atoms with Crippen molar-refractivity contribution in [1.82, 2.24) is 4.72 Å². The quantitative estimate of drug-likeness (QED) is 0.845. The first-order valence-electron chi connectivity index (χ1n) is 5.84. The van der Waals surface area contributed by atoms with Gasteiger partial charge in [-0.3, -0.25) is 0 Å². The summed E-state index contributed by atoms with van der Waals surface area (Å²) in [6, 6.07) is 10.2. The summed E-state index contributed by atoms with van der Waals surface area (Å²) in [5.74, 6) is -0.688. The van der Waals surface area contributed by atoms with Crippen LogP contribution in [0.3, 0.4) is 0 Å². The van der Waals surface area contributed by atoms with Crippen molar-refractivity contribution in [2.24, 2.45) is 0 Å². The summed E-state index contributed by atoms with van der Waals surface area (Å²) in [5.41, 5.74) is 0.496. The maximum atomic E-state index is 12.3. The lowest BCUT2D eigenvalue weighted by Gasteiger charge is -2.16. The number of sulfonamides is 1. The Labute approximate surface area is 131 Å². The molecule has 112 valence electrons. The maximum absolute atomic E-state index is 12.3. The van der Waals surface area contributed by atoms with Gasteiger partial charge in [-0.1, -0.05) is 41.9 Å². The molecule has 21 heavy (non-hydrogen) atoms. The van der Waals surface area contributed by atoms with Crippen LogP contribution in [0.2, 0.25) is 4.34 Å². The summed E-state index contributed by atoms with van der Waals surface area (Å²) in [6.07, 6.45) is 0. The van der Waals surface area contributed by atoms with Gasteiger partial charge in [0.2, 0.25) is 0 Å². The minimum atomic E-state index is -3.86. The fraction of sp³-hybridized carbons (Fsp3) is 0.154. The summed E-state index contributed by atoms with van der Waals surface area (Å²) in [6.45, 7) is 0. The van der Waals surface area contributed by atoms with E-state index in [4.69, 9.17) is 11.6 Å². The third-order valence-electron chi connectivity index (χ3n) is 2.66. The number of ether oxygens (including phenoxy) is 1. The summed E-state index contributed by atoms with van der Waals surface area (Å²) < 4.78 is 32.0. The van der Waals surface area contributed by atoms with Crippen LogP contribution in [-0.2, 0) is 19.6 Å². The number of thiophene rings is 1. The van der Waals surface area contributed by atoms with Crippen molar-refractivity contribution in [2.45, 2.75) is 10.3 Å². The van der Waals surface area contributed by atoms with E-state index in [2.05, 4.69) is 9.46 Å². The third-order valence-corrected chi connectivity index (χ3v) is 5.80. The van der Waals surface area contributed by atoms with Gasteiger partial charge in [-0.2, -0.15) is 4.72 Å². The Kier molecular flexibility index (Phi) is 5.00. The molecule has 5 nitrogen and oxygen atoms in total. The lowest BCUT2D eigenvalue weighted by molar-refractivity contribution is -0.142. The normalized spacial score (nSPS) is 12.9. The average molecular weight is 346 g/mol. The van der Waals surface area contributed by atoms with Gasteiger partial charge in [0.1, 0.15) is 10.3 Å². The molecule has 0 saturated heterocycles. The highest BCUT2D eigenvalue weighted by Crippen LogP contribution is 2.27. The Morgan fingerprint density at radius 2 is 1.90 bits per heavy atom. The molecule has 1 aromatic carbocycles. The molecule has 2 rings (SSSR count). The topological polar surface area (TPSA) is 72.5 Å². The van der Waals surface area contributed by atoms with Crippen LogP contribution in [0.5, 0.6) is 0 Å². The number of rotatable bonds is 5. The van der Waals surface area contributed by atoms with E-state index in [0.29, 0.717) is 9.90 Å². The first-order valence-corrected chi connectivity index (χ1v) is 8.52. The fourth-order valence-electron chi connectivity index (χ4n) is 1.67.